The molecule has 1 fully saturated rings. The Hall–Kier alpha value is -2.17. The average molecular weight is 311 g/mol. The molecule has 0 spiro atoms. The number of piperidine rings is 1. The summed E-state index contributed by atoms with van der Waals surface area (Å²) in [4.78, 5) is 31.8. The minimum Gasteiger partial charge on any atom is -0.339 e. The van der Waals surface area contributed by atoms with Gasteiger partial charge < -0.3 is 4.90 Å². The number of hydrogen-bond acceptors (Lipinski definition) is 3. The van der Waals surface area contributed by atoms with Crippen molar-refractivity contribution in [3.05, 3.63) is 39.9 Å². The predicted octanol–water partition coefficient (Wildman–Crippen LogP) is 2.36. The fraction of sp³-hybridized carbons (Fsp3) is 0.500. The Balaban J connectivity index is 1.75. The molecule has 2 aliphatic rings. The first-order valence-electron chi connectivity index (χ1n) is 8.57. The average Bonchev–Trinajstić information content (AvgIpc) is 2.61. The van der Waals surface area contributed by atoms with Gasteiger partial charge in [0.2, 0.25) is 0 Å². The van der Waals surface area contributed by atoms with Crippen molar-refractivity contribution in [3.8, 4) is 0 Å². The molecular weight excluding hydrogens is 290 g/mol. The smallest absolute Gasteiger partial charge is 0.261 e. The molecule has 5 nitrogen and oxygen atoms in total. The number of aromatic nitrogens is 2. The molecule has 2 aliphatic heterocycles. The van der Waals surface area contributed by atoms with E-state index in [1.807, 2.05) is 4.90 Å². The van der Waals surface area contributed by atoms with Crippen LogP contribution in [0.1, 0.15) is 48.3 Å². The third kappa shape index (κ3) is 2.54. The van der Waals surface area contributed by atoms with Crippen molar-refractivity contribution in [2.45, 2.75) is 45.1 Å². The van der Waals surface area contributed by atoms with Gasteiger partial charge in [-0.2, -0.15) is 0 Å². The van der Waals surface area contributed by atoms with Crippen LogP contribution in [0.15, 0.2) is 23.0 Å². The van der Waals surface area contributed by atoms with E-state index in [1.165, 1.54) is 6.42 Å². The number of likely N-dealkylation sites (tertiary alicyclic amines) is 1. The maximum absolute atomic E-state index is 12.6. The lowest BCUT2D eigenvalue weighted by atomic mass is 10.1. The Morgan fingerprint density at radius 1 is 1.00 bits per heavy atom. The lowest BCUT2D eigenvalue weighted by Gasteiger charge is -2.26. The molecule has 1 saturated heterocycles. The molecule has 0 bridgehead atoms. The first-order chi connectivity index (χ1) is 11.2. The first kappa shape index (κ1) is 14.4. The summed E-state index contributed by atoms with van der Waals surface area (Å²) < 4.78 is 1.79. The monoisotopic (exact) mass is 311 g/mol. The molecule has 120 valence electrons. The summed E-state index contributed by atoms with van der Waals surface area (Å²) in [6.45, 7) is 2.42. The van der Waals surface area contributed by atoms with E-state index in [9.17, 15) is 9.59 Å². The van der Waals surface area contributed by atoms with Crippen LogP contribution in [-0.2, 0) is 13.0 Å². The number of fused-ring (bicyclic) bond motifs is 2. The number of rotatable bonds is 1. The van der Waals surface area contributed by atoms with Crippen LogP contribution in [0.25, 0.3) is 10.9 Å². The lowest BCUT2D eigenvalue weighted by Crippen LogP contribution is -2.35. The van der Waals surface area contributed by atoms with Crippen LogP contribution in [0.5, 0.6) is 0 Å². The van der Waals surface area contributed by atoms with Crippen molar-refractivity contribution >= 4 is 16.8 Å². The highest BCUT2D eigenvalue weighted by atomic mass is 16.2. The zero-order valence-corrected chi connectivity index (χ0v) is 13.3. The third-order valence-corrected chi connectivity index (χ3v) is 4.96. The summed E-state index contributed by atoms with van der Waals surface area (Å²) in [7, 11) is 0. The van der Waals surface area contributed by atoms with Crippen molar-refractivity contribution in [2.24, 2.45) is 0 Å². The molecule has 0 radical (unpaired) electrons. The maximum atomic E-state index is 12.6. The molecule has 0 aliphatic carbocycles. The topological polar surface area (TPSA) is 55.2 Å². The molecule has 2 aromatic rings. The second-order valence-electron chi connectivity index (χ2n) is 6.53. The van der Waals surface area contributed by atoms with Crippen LogP contribution < -0.4 is 5.56 Å². The molecule has 3 heterocycles. The van der Waals surface area contributed by atoms with E-state index in [1.54, 1.807) is 22.8 Å². The summed E-state index contributed by atoms with van der Waals surface area (Å²) in [5.74, 6) is 0.919. The van der Waals surface area contributed by atoms with Crippen molar-refractivity contribution in [1.29, 1.82) is 0 Å². The van der Waals surface area contributed by atoms with Crippen LogP contribution >= 0.6 is 0 Å². The largest absolute Gasteiger partial charge is 0.339 e. The Kier molecular flexibility index (Phi) is 3.63. The van der Waals surface area contributed by atoms with Crippen LogP contribution in [0, 0.1) is 0 Å². The Morgan fingerprint density at radius 3 is 2.61 bits per heavy atom. The third-order valence-electron chi connectivity index (χ3n) is 4.96. The zero-order valence-electron chi connectivity index (χ0n) is 13.3. The first-order valence-corrected chi connectivity index (χ1v) is 8.57. The van der Waals surface area contributed by atoms with E-state index in [4.69, 9.17) is 0 Å². The van der Waals surface area contributed by atoms with Gasteiger partial charge in [0.1, 0.15) is 5.82 Å². The molecule has 0 saturated carbocycles. The van der Waals surface area contributed by atoms with Gasteiger partial charge in [-0.15, -0.1) is 0 Å². The minimum absolute atomic E-state index is 0.0293. The summed E-state index contributed by atoms with van der Waals surface area (Å²) in [6.07, 6.45) is 6.30. The highest BCUT2D eigenvalue weighted by Crippen LogP contribution is 2.18. The molecule has 1 amide bonds. The molecule has 5 heteroatoms. The minimum atomic E-state index is 0.0293. The van der Waals surface area contributed by atoms with Gasteiger partial charge in [-0.05, 0) is 50.3 Å². The number of carbonyl (C=O) groups is 1. The fourth-order valence-corrected chi connectivity index (χ4v) is 3.65. The second kappa shape index (κ2) is 5.80. The van der Waals surface area contributed by atoms with Gasteiger partial charge in [-0.3, -0.25) is 14.2 Å². The molecule has 0 N–H and O–H groups in total. The van der Waals surface area contributed by atoms with Gasteiger partial charge in [-0.1, -0.05) is 0 Å². The fourth-order valence-electron chi connectivity index (χ4n) is 3.65. The molecule has 0 unspecified atom stereocenters. The molecule has 1 aromatic heterocycles. The van der Waals surface area contributed by atoms with E-state index in [-0.39, 0.29) is 11.5 Å². The molecule has 0 atom stereocenters. The SMILES string of the molecule is O=C(c1ccc2c(=O)n3c(nc2c1)CCCC3)N1CCCCC1. The van der Waals surface area contributed by atoms with Crippen molar-refractivity contribution in [1.82, 2.24) is 14.5 Å². The quantitative estimate of drug-likeness (QED) is 0.812. The van der Waals surface area contributed by atoms with Crippen LogP contribution in [0.3, 0.4) is 0 Å². The van der Waals surface area contributed by atoms with Gasteiger partial charge >= 0.3 is 0 Å². The normalized spacial score (nSPS) is 18.0. The number of aryl methyl sites for hydroxylation is 1. The Bertz CT molecular complexity index is 819. The van der Waals surface area contributed by atoms with E-state index in [0.717, 1.165) is 57.6 Å². The summed E-state index contributed by atoms with van der Waals surface area (Å²) in [5, 5.41) is 0.617. The van der Waals surface area contributed by atoms with E-state index >= 15 is 0 Å². The number of nitrogens with zero attached hydrogens (tertiary/aromatic N) is 3. The summed E-state index contributed by atoms with van der Waals surface area (Å²) >= 11 is 0. The second-order valence-corrected chi connectivity index (χ2v) is 6.53. The van der Waals surface area contributed by atoms with Crippen LogP contribution in [0.2, 0.25) is 0 Å². The van der Waals surface area contributed by atoms with Crippen LogP contribution in [-0.4, -0.2) is 33.4 Å². The van der Waals surface area contributed by atoms with Gasteiger partial charge in [0.15, 0.2) is 0 Å². The zero-order chi connectivity index (χ0) is 15.8. The predicted molar refractivity (Wildman–Crippen MR) is 88.7 cm³/mol. The number of amides is 1. The number of benzene rings is 1. The highest BCUT2D eigenvalue weighted by molar-refractivity contribution is 5.97. The van der Waals surface area contributed by atoms with Crippen molar-refractivity contribution in [2.75, 3.05) is 13.1 Å². The standard InChI is InChI=1S/C18H21N3O2/c22-17(20-9-3-1-4-10-20)13-7-8-14-15(12-13)19-16-6-2-5-11-21(16)18(14)23/h7-8,12H,1-6,9-11H2. The van der Waals surface area contributed by atoms with Crippen LogP contribution in [0.4, 0.5) is 0 Å². The van der Waals surface area contributed by atoms with Gasteiger partial charge in [0.25, 0.3) is 11.5 Å². The van der Waals surface area contributed by atoms with Gasteiger partial charge in [-0.25, -0.2) is 4.98 Å². The Morgan fingerprint density at radius 2 is 1.78 bits per heavy atom. The van der Waals surface area contributed by atoms with E-state index in [0.29, 0.717) is 16.5 Å². The van der Waals surface area contributed by atoms with Crippen molar-refractivity contribution < 1.29 is 4.79 Å². The summed E-state index contributed by atoms with van der Waals surface area (Å²) in [5.41, 5.74) is 1.33. The summed E-state index contributed by atoms with van der Waals surface area (Å²) in [6, 6.07) is 5.34. The van der Waals surface area contributed by atoms with Crippen molar-refractivity contribution in [3.63, 3.8) is 0 Å². The molecule has 4 rings (SSSR count). The van der Waals surface area contributed by atoms with Gasteiger partial charge in [0.05, 0.1) is 10.9 Å². The van der Waals surface area contributed by atoms with E-state index in [2.05, 4.69) is 4.98 Å². The van der Waals surface area contributed by atoms with E-state index < -0.39 is 0 Å². The molecule has 1 aromatic carbocycles. The Labute approximate surface area is 134 Å². The molecule has 23 heavy (non-hydrogen) atoms. The molecular formula is C18H21N3O2. The van der Waals surface area contributed by atoms with Gasteiger partial charge in [0, 0.05) is 31.6 Å². The highest BCUT2D eigenvalue weighted by Gasteiger charge is 2.20. The number of carbonyl (C=O) groups excluding carboxylic acids is 1. The number of hydrogen-bond donors (Lipinski definition) is 0. The lowest BCUT2D eigenvalue weighted by molar-refractivity contribution is 0.0724. The maximum Gasteiger partial charge on any atom is 0.261 e.